The van der Waals surface area contributed by atoms with Gasteiger partial charge in [0.05, 0.1) is 5.69 Å². The molecule has 0 bridgehead atoms. The molecule has 0 aliphatic rings. The number of benzene rings is 1. The first-order valence-electron chi connectivity index (χ1n) is 5.72. The maximum Gasteiger partial charge on any atom is 0.234 e. The fourth-order valence-corrected chi connectivity index (χ4v) is 1.43. The molecular formula is C13H17N3O. The number of hydrogen-bond acceptors (Lipinski definition) is 3. The summed E-state index contributed by atoms with van der Waals surface area (Å²) in [6.45, 7) is 4.61. The number of H-pyrrole nitrogens is 1. The van der Waals surface area contributed by atoms with Gasteiger partial charge in [-0.05, 0) is 19.4 Å². The Kier molecular flexibility index (Phi) is 3.77. The zero-order chi connectivity index (χ0) is 12.1. The highest BCUT2D eigenvalue weighted by atomic mass is 16.5. The lowest BCUT2D eigenvalue weighted by molar-refractivity contribution is 0.261. The van der Waals surface area contributed by atoms with E-state index in [1.54, 1.807) is 0 Å². The number of aromatic amines is 1. The van der Waals surface area contributed by atoms with Gasteiger partial charge in [0.2, 0.25) is 5.88 Å². The van der Waals surface area contributed by atoms with Gasteiger partial charge in [-0.25, -0.2) is 0 Å². The molecule has 2 aromatic rings. The lowest BCUT2D eigenvalue weighted by Gasteiger charge is -2.07. The summed E-state index contributed by atoms with van der Waals surface area (Å²) in [7, 11) is 0. The number of aromatic nitrogens is 2. The summed E-state index contributed by atoms with van der Waals surface area (Å²) in [5.74, 6) is 0.608. The van der Waals surface area contributed by atoms with Crippen LogP contribution in [0, 0.1) is 0 Å². The van der Waals surface area contributed by atoms with Crippen LogP contribution in [0.1, 0.15) is 13.8 Å². The molecule has 0 unspecified atom stereocenters. The molecule has 90 valence electrons. The van der Waals surface area contributed by atoms with Crippen molar-refractivity contribution >= 4 is 0 Å². The molecule has 0 amide bonds. The van der Waals surface area contributed by atoms with Crippen molar-refractivity contribution in [2.45, 2.75) is 19.9 Å². The first kappa shape index (κ1) is 11.7. The molecule has 17 heavy (non-hydrogen) atoms. The third-order valence-corrected chi connectivity index (χ3v) is 2.35. The number of nitrogens with zero attached hydrogens (tertiary/aromatic N) is 1. The Morgan fingerprint density at radius 2 is 2.06 bits per heavy atom. The molecule has 0 spiro atoms. The predicted molar refractivity (Wildman–Crippen MR) is 67.8 cm³/mol. The van der Waals surface area contributed by atoms with E-state index in [0.717, 1.165) is 11.3 Å². The zero-order valence-electron chi connectivity index (χ0n) is 10.1. The SMILES string of the molecule is CC(C)NCOc1cc(-c2ccccc2)[nH]n1. The smallest absolute Gasteiger partial charge is 0.234 e. The summed E-state index contributed by atoms with van der Waals surface area (Å²) in [5.41, 5.74) is 2.07. The maximum atomic E-state index is 5.47. The van der Waals surface area contributed by atoms with Gasteiger partial charge < -0.3 is 4.74 Å². The minimum Gasteiger partial charge on any atom is -0.461 e. The molecule has 1 aromatic heterocycles. The van der Waals surface area contributed by atoms with Gasteiger partial charge in [-0.3, -0.25) is 10.4 Å². The number of hydrogen-bond donors (Lipinski definition) is 2. The number of rotatable bonds is 5. The molecule has 4 heteroatoms. The van der Waals surface area contributed by atoms with E-state index in [0.29, 0.717) is 18.7 Å². The van der Waals surface area contributed by atoms with Crippen LogP contribution in [0.25, 0.3) is 11.3 Å². The van der Waals surface area contributed by atoms with Crippen molar-refractivity contribution in [3.8, 4) is 17.1 Å². The summed E-state index contributed by atoms with van der Waals surface area (Å²) in [4.78, 5) is 0. The highest BCUT2D eigenvalue weighted by molar-refractivity contribution is 5.59. The van der Waals surface area contributed by atoms with Crippen LogP contribution in [-0.2, 0) is 0 Å². The molecule has 4 nitrogen and oxygen atoms in total. The Labute approximate surface area is 101 Å². The van der Waals surface area contributed by atoms with Gasteiger partial charge >= 0.3 is 0 Å². The fraction of sp³-hybridized carbons (Fsp3) is 0.308. The molecule has 0 atom stereocenters. The van der Waals surface area contributed by atoms with Crippen LogP contribution >= 0.6 is 0 Å². The van der Waals surface area contributed by atoms with Crippen LogP contribution < -0.4 is 10.1 Å². The van der Waals surface area contributed by atoms with E-state index < -0.39 is 0 Å². The Morgan fingerprint density at radius 3 is 2.76 bits per heavy atom. The molecule has 1 aromatic carbocycles. The van der Waals surface area contributed by atoms with Crippen LogP contribution in [0.4, 0.5) is 0 Å². The summed E-state index contributed by atoms with van der Waals surface area (Å²) < 4.78 is 5.47. The first-order valence-corrected chi connectivity index (χ1v) is 5.72. The van der Waals surface area contributed by atoms with Crippen molar-refractivity contribution in [1.29, 1.82) is 0 Å². The Balaban J connectivity index is 1.97. The van der Waals surface area contributed by atoms with Gasteiger partial charge in [0.15, 0.2) is 0 Å². The van der Waals surface area contributed by atoms with Gasteiger partial charge in [0.25, 0.3) is 0 Å². The van der Waals surface area contributed by atoms with Crippen LogP contribution in [0.2, 0.25) is 0 Å². The van der Waals surface area contributed by atoms with Gasteiger partial charge in [-0.15, -0.1) is 5.10 Å². The second-order valence-electron chi connectivity index (χ2n) is 4.13. The van der Waals surface area contributed by atoms with E-state index in [9.17, 15) is 0 Å². The number of nitrogens with one attached hydrogen (secondary N) is 2. The molecule has 0 saturated carbocycles. The minimum absolute atomic E-state index is 0.405. The monoisotopic (exact) mass is 231 g/mol. The zero-order valence-corrected chi connectivity index (χ0v) is 10.1. The molecule has 1 heterocycles. The molecule has 0 aliphatic heterocycles. The average molecular weight is 231 g/mol. The van der Waals surface area contributed by atoms with Crippen molar-refractivity contribution in [1.82, 2.24) is 15.5 Å². The van der Waals surface area contributed by atoms with Crippen LogP contribution in [0.3, 0.4) is 0 Å². The van der Waals surface area contributed by atoms with Crippen molar-refractivity contribution in [2.75, 3.05) is 6.73 Å². The minimum atomic E-state index is 0.405. The molecular weight excluding hydrogens is 214 g/mol. The molecule has 0 radical (unpaired) electrons. The quantitative estimate of drug-likeness (QED) is 0.777. The molecule has 2 rings (SSSR count). The molecule has 2 N–H and O–H groups in total. The summed E-state index contributed by atoms with van der Waals surface area (Å²) in [6, 6.07) is 12.4. The second-order valence-corrected chi connectivity index (χ2v) is 4.13. The van der Waals surface area contributed by atoms with E-state index in [1.807, 2.05) is 36.4 Å². The maximum absolute atomic E-state index is 5.47. The third kappa shape index (κ3) is 3.32. The van der Waals surface area contributed by atoms with Crippen LogP contribution in [0.15, 0.2) is 36.4 Å². The van der Waals surface area contributed by atoms with E-state index >= 15 is 0 Å². The predicted octanol–water partition coefficient (Wildman–Crippen LogP) is 2.41. The summed E-state index contributed by atoms with van der Waals surface area (Å²) >= 11 is 0. The fourth-order valence-electron chi connectivity index (χ4n) is 1.43. The van der Waals surface area contributed by atoms with Crippen LogP contribution in [0.5, 0.6) is 5.88 Å². The van der Waals surface area contributed by atoms with Crippen molar-refractivity contribution < 1.29 is 4.74 Å². The lowest BCUT2D eigenvalue weighted by Crippen LogP contribution is -2.27. The van der Waals surface area contributed by atoms with E-state index in [1.165, 1.54) is 0 Å². The molecule has 0 fully saturated rings. The topological polar surface area (TPSA) is 49.9 Å². The Hall–Kier alpha value is -1.81. The standard InChI is InChI=1S/C13H17N3O/c1-10(2)14-9-17-13-8-12(15-16-13)11-6-4-3-5-7-11/h3-8,10,14H,9H2,1-2H3,(H,15,16). The van der Waals surface area contributed by atoms with Crippen LogP contribution in [-0.4, -0.2) is 23.0 Å². The van der Waals surface area contributed by atoms with Crippen molar-refractivity contribution in [3.05, 3.63) is 36.4 Å². The Bertz CT molecular complexity index is 451. The highest BCUT2D eigenvalue weighted by Crippen LogP contribution is 2.19. The summed E-state index contributed by atoms with van der Waals surface area (Å²) in [6.07, 6.45) is 0. The van der Waals surface area contributed by atoms with E-state index in [2.05, 4.69) is 29.4 Å². The van der Waals surface area contributed by atoms with E-state index in [-0.39, 0.29) is 0 Å². The highest BCUT2D eigenvalue weighted by Gasteiger charge is 2.03. The second kappa shape index (κ2) is 5.50. The average Bonchev–Trinajstić information content (AvgIpc) is 2.78. The van der Waals surface area contributed by atoms with Gasteiger partial charge in [0.1, 0.15) is 6.73 Å². The third-order valence-electron chi connectivity index (χ3n) is 2.35. The molecule has 0 saturated heterocycles. The number of ether oxygens (including phenoxy) is 1. The van der Waals surface area contributed by atoms with Gasteiger partial charge in [0, 0.05) is 12.1 Å². The summed E-state index contributed by atoms with van der Waals surface area (Å²) in [5, 5.41) is 10.2. The van der Waals surface area contributed by atoms with Crippen molar-refractivity contribution in [3.63, 3.8) is 0 Å². The normalized spacial score (nSPS) is 10.8. The van der Waals surface area contributed by atoms with Crippen molar-refractivity contribution in [2.24, 2.45) is 0 Å². The Morgan fingerprint density at radius 1 is 1.29 bits per heavy atom. The molecule has 0 aliphatic carbocycles. The lowest BCUT2D eigenvalue weighted by atomic mass is 10.2. The first-order chi connectivity index (χ1) is 8.25. The van der Waals surface area contributed by atoms with Gasteiger partial charge in [-0.2, -0.15) is 0 Å². The van der Waals surface area contributed by atoms with Gasteiger partial charge in [-0.1, -0.05) is 30.3 Å². The largest absolute Gasteiger partial charge is 0.461 e. The van der Waals surface area contributed by atoms with E-state index in [4.69, 9.17) is 4.74 Å².